The minimum Gasteiger partial charge on any atom is -0.361 e. The molecule has 0 atom stereocenters. The van der Waals surface area contributed by atoms with Crippen molar-refractivity contribution >= 4 is 22.6 Å². The molecule has 30 heavy (non-hydrogen) atoms. The van der Waals surface area contributed by atoms with Gasteiger partial charge in [0.25, 0.3) is 5.91 Å². The van der Waals surface area contributed by atoms with Gasteiger partial charge in [-0.05, 0) is 30.5 Å². The summed E-state index contributed by atoms with van der Waals surface area (Å²) in [6.07, 6.45) is 5.96. The first-order valence-corrected chi connectivity index (χ1v) is 10.2. The van der Waals surface area contributed by atoms with Crippen LogP contribution in [0, 0.1) is 0 Å². The average molecular weight is 399 g/mol. The maximum atomic E-state index is 12.4. The Morgan fingerprint density at radius 3 is 2.60 bits per heavy atom. The van der Waals surface area contributed by atoms with Crippen LogP contribution in [0.25, 0.3) is 10.9 Å². The van der Waals surface area contributed by atoms with Gasteiger partial charge in [0.15, 0.2) is 0 Å². The maximum absolute atomic E-state index is 12.4. The van der Waals surface area contributed by atoms with E-state index in [2.05, 4.69) is 50.3 Å². The molecule has 2 heterocycles. The third-order valence-electron chi connectivity index (χ3n) is 5.15. The molecule has 4 aromatic rings. The summed E-state index contributed by atoms with van der Waals surface area (Å²) in [7, 11) is 0. The minimum absolute atomic E-state index is 0.208. The van der Waals surface area contributed by atoms with Crippen LogP contribution in [-0.4, -0.2) is 33.9 Å². The number of benzene rings is 2. The molecule has 2 aromatic heterocycles. The molecular formula is C24H25N5O. The number of para-hydroxylation sites is 1. The van der Waals surface area contributed by atoms with Gasteiger partial charge < -0.3 is 15.2 Å². The van der Waals surface area contributed by atoms with Crippen LogP contribution in [0.5, 0.6) is 0 Å². The van der Waals surface area contributed by atoms with Crippen LogP contribution in [-0.2, 0) is 13.0 Å². The van der Waals surface area contributed by atoms with Gasteiger partial charge in [0.1, 0.15) is 11.5 Å². The zero-order valence-corrected chi connectivity index (χ0v) is 17.0. The molecule has 6 heteroatoms. The largest absolute Gasteiger partial charge is 0.361 e. The number of aromatic nitrogens is 3. The topological polar surface area (TPSA) is 73.9 Å². The summed E-state index contributed by atoms with van der Waals surface area (Å²) in [5.41, 5.74) is 3.83. The summed E-state index contributed by atoms with van der Waals surface area (Å²) in [5, 5.41) is 4.12. The zero-order chi connectivity index (χ0) is 20.8. The number of carbonyl (C=O) groups excluding carboxylic acids is 1. The molecule has 0 aliphatic rings. The highest BCUT2D eigenvalue weighted by molar-refractivity contribution is 5.92. The van der Waals surface area contributed by atoms with Gasteiger partial charge in [0.05, 0.1) is 12.4 Å². The van der Waals surface area contributed by atoms with E-state index in [0.29, 0.717) is 12.2 Å². The Bertz CT molecular complexity index is 1110. The highest BCUT2D eigenvalue weighted by atomic mass is 16.1. The number of aromatic amines is 1. The van der Waals surface area contributed by atoms with E-state index in [-0.39, 0.29) is 5.91 Å². The number of hydrogen-bond acceptors (Lipinski definition) is 4. The summed E-state index contributed by atoms with van der Waals surface area (Å²) in [6, 6.07) is 18.4. The molecule has 0 unspecified atom stereocenters. The van der Waals surface area contributed by atoms with Crippen molar-refractivity contribution in [3.05, 3.63) is 90.0 Å². The lowest BCUT2D eigenvalue weighted by Crippen LogP contribution is -2.27. The molecule has 0 aliphatic heterocycles. The van der Waals surface area contributed by atoms with Crippen molar-refractivity contribution in [1.82, 2.24) is 20.3 Å². The Morgan fingerprint density at radius 1 is 1.03 bits per heavy atom. The van der Waals surface area contributed by atoms with Crippen LogP contribution >= 0.6 is 0 Å². The van der Waals surface area contributed by atoms with E-state index in [4.69, 9.17) is 0 Å². The van der Waals surface area contributed by atoms with Gasteiger partial charge in [-0.25, -0.2) is 9.97 Å². The molecule has 4 rings (SSSR count). The molecule has 0 radical (unpaired) electrons. The molecule has 0 saturated heterocycles. The summed E-state index contributed by atoms with van der Waals surface area (Å²) >= 11 is 0. The lowest BCUT2D eigenvalue weighted by Gasteiger charge is -2.21. The number of carbonyl (C=O) groups is 1. The molecule has 0 spiro atoms. The van der Waals surface area contributed by atoms with Crippen LogP contribution in [0.4, 0.5) is 5.82 Å². The molecule has 0 bridgehead atoms. The zero-order valence-electron chi connectivity index (χ0n) is 17.0. The van der Waals surface area contributed by atoms with E-state index < -0.39 is 0 Å². The lowest BCUT2D eigenvalue weighted by molar-refractivity contribution is 0.0949. The molecule has 0 saturated carbocycles. The Morgan fingerprint density at radius 2 is 1.83 bits per heavy atom. The first kappa shape index (κ1) is 19.6. The monoisotopic (exact) mass is 399 g/mol. The number of nitrogens with one attached hydrogen (secondary N) is 2. The second-order valence-corrected chi connectivity index (χ2v) is 7.13. The van der Waals surface area contributed by atoms with E-state index in [1.54, 1.807) is 12.4 Å². The van der Waals surface area contributed by atoms with Crippen LogP contribution in [0.1, 0.15) is 28.5 Å². The molecule has 0 aliphatic carbocycles. The molecule has 2 aromatic carbocycles. The van der Waals surface area contributed by atoms with Crippen molar-refractivity contribution in [2.24, 2.45) is 0 Å². The third-order valence-corrected chi connectivity index (χ3v) is 5.15. The van der Waals surface area contributed by atoms with Gasteiger partial charge in [0.2, 0.25) is 0 Å². The van der Waals surface area contributed by atoms with Crippen LogP contribution < -0.4 is 10.2 Å². The SMILES string of the molecule is CCN(Cc1ccccc1)c1cnc(C(=O)NCCc2c[nH]c3ccccc23)cn1. The van der Waals surface area contributed by atoms with E-state index in [9.17, 15) is 4.79 Å². The van der Waals surface area contributed by atoms with Crippen LogP contribution in [0.2, 0.25) is 0 Å². The van der Waals surface area contributed by atoms with Gasteiger partial charge in [-0.2, -0.15) is 0 Å². The van der Waals surface area contributed by atoms with E-state index in [0.717, 1.165) is 30.8 Å². The number of hydrogen-bond donors (Lipinski definition) is 2. The van der Waals surface area contributed by atoms with Crippen molar-refractivity contribution in [3.8, 4) is 0 Å². The summed E-state index contributed by atoms with van der Waals surface area (Å²) in [6.45, 7) is 4.18. The molecule has 6 nitrogen and oxygen atoms in total. The predicted octanol–water partition coefficient (Wildman–Crippen LogP) is 3.96. The van der Waals surface area contributed by atoms with Crippen molar-refractivity contribution in [2.75, 3.05) is 18.0 Å². The van der Waals surface area contributed by atoms with Crippen LogP contribution in [0.3, 0.4) is 0 Å². The normalized spacial score (nSPS) is 10.8. The summed E-state index contributed by atoms with van der Waals surface area (Å²) in [5.74, 6) is 0.552. The highest BCUT2D eigenvalue weighted by Gasteiger charge is 2.11. The smallest absolute Gasteiger partial charge is 0.271 e. The van der Waals surface area contributed by atoms with E-state index >= 15 is 0 Å². The number of rotatable bonds is 8. The average Bonchev–Trinajstić information content (AvgIpc) is 3.21. The Hall–Kier alpha value is -3.67. The summed E-state index contributed by atoms with van der Waals surface area (Å²) in [4.78, 5) is 26.6. The Kier molecular flexibility index (Phi) is 6.03. The predicted molar refractivity (Wildman–Crippen MR) is 120 cm³/mol. The van der Waals surface area contributed by atoms with Crippen LogP contribution in [0.15, 0.2) is 73.2 Å². The molecule has 0 fully saturated rings. The third kappa shape index (κ3) is 4.49. The molecule has 2 N–H and O–H groups in total. The van der Waals surface area contributed by atoms with Crippen molar-refractivity contribution in [3.63, 3.8) is 0 Å². The number of anilines is 1. The standard InChI is InChI=1S/C24H25N5O/c1-2-29(17-18-8-4-3-5-9-18)23-16-27-22(15-28-23)24(30)25-13-12-19-14-26-21-11-7-6-10-20(19)21/h3-11,14-16,26H,2,12-13,17H2,1H3,(H,25,30). The highest BCUT2D eigenvalue weighted by Crippen LogP contribution is 2.18. The van der Waals surface area contributed by atoms with Gasteiger partial charge in [-0.1, -0.05) is 48.5 Å². The molecule has 1 amide bonds. The number of amides is 1. The number of nitrogens with zero attached hydrogens (tertiary/aromatic N) is 3. The second-order valence-electron chi connectivity index (χ2n) is 7.13. The first-order valence-electron chi connectivity index (χ1n) is 10.2. The van der Waals surface area contributed by atoms with Crippen molar-refractivity contribution in [2.45, 2.75) is 19.9 Å². The first-order chi connectivity index (χ1) is 14.7. The Balaban J connectivity index is 1.34. The van der Waals surface area contributed by atoms with E-state index in [1.807, 2.05) is 42.6 Å². The summed E-state index contributed by atoms with van der Waals surface area (Å²) < 4.78 is 0. The Labute approximate surface area is 176 Å². The number of fused-ring (bicyclic) bond motifs is 1. The molecular weight excluding hydrogens is 374 g/mol. The quantitative estimate of drug-likeness (QED) is 0.470. The second kappa shape index (κ2) is 9.22. The van der Waals surface area contributed by atoms with Gasteiger partial charge in [-0.15, -0.1) is 0 Å². The van der Waals surface area contributed by atoms with Crippen molar-refractivity contribution < 1.29 is 4.79 Å². The fraction of sp³-hybridized carbons (Fsp3) is 0.208. The van der Waals surface area contributed by atoms with Crippen molar-refractivity contribution in [1.29, 1.82) is 0 Å². The van der Waals surface area contributed by atoms with Gasteiger partial charge >= 0.3 is 0 Å². The fourth-order valence-electron chi connectivity index (χ4n) is 3.50. The number of H-pyrrole nitrogens is 1. The molecule has 152 valence electrons. The van der Waals surface area contributed by atoms with Gasteiger partial charge in [0, 0.05) is 36.7 Å². The fourth-order valence-corrected chi connectivity index (χ4v) is 3.50. The maximum Gasteiger partial charge on any atom is 0.271 e. The van der Waals surface area contributed by atoms with E-state index in [1.165, 1.54) is 16.5 Å². The van der Waals surface area contributed by atoms with Gasteiger partial charge in [-0.3, -0.25) is 4.79 Å². The minimum atomic E-state index is -0.208. The lowest BCUT2D eigenvalue weighted by atomic mass is 10.1.